The number of benzene rings is 2. The van der Waals surface area contributed by atoms with Crippen LogP contribution in [-0.2, 0) is 4.74 Å². The van der Waals surface area contributed by atoms with E-state index in [0.29, 0.717) is 30.9 Å². The van der Waals surface area contributed by atoms with Crippen LogP contribution in [-0.4, -0.2) is 25.4 Å². The number of ether oxygens (including phenoxy) is 2. The highest BCUT2D eigenvalue weighted by molar-refractivity contribution is 5.89. The lowest BCUT2D eigenvalue weighted by atomic mass is 10.2. The van der Waals surface area contributed by atoms with Crippen molar-refractivity contribution in [1.29, 1.82) is 0 Å². The summed E-state index contributed by atoms with van der Waals surface area (Å²) in [5, 5.41) is 0. The Morgan fingerprint density at radius 3 is 2.73 bits per heavy atom. The van der Waals surface area contributed by atoms with Crippen LogP contribution >= 0.6 is 0 Å². The number of hydrogen-bond acceptors (Lipinski definition) is 4. The van der Waals surface area contributed by atoms with E-state index < -0.39 is 0 Å². The Morgan fingerprint density at radius 1 is 1.14 bits per heavy atom. The largest absolute Gasteiger partial charge is 0.494 e. The van der Waals surface area contributed by atoms with Gasteiger partial charge in [0.1, 0.15) is 5.75 Å². The van der Waals surface area contributed by atoms with Crippen LogP contribution in [0, 0.1) is 0 Å². The fraction of sp³-hybridized carbons (Fsp3) is 0.222. The fourth-order valence-corrected chi connectivity index (χ4v) is 1.85. The van der Waals surface area contributed by atoms with E-state index in [4.69, 9.17) is 9.47 Å². The van der Waals surface area contributed by atoms with Crippen molar-refractivity contribution in [2.24, 2.45) is 4.99 Å². The molecule has 4 heteroatoms. The Balaban J connectivity index is 1.78. The van der Waals surface area contributed by atoms with Crippen LogP contribution in [0.25, 0.3) is 0 Å². The molecule has 0 spiro atoms. The highest BCUT2D eigenvalue weighted by Crippen LogP contribution is 2.14. The fourth-order valence-electron chi connectivity index (χ4n) is 1.85. The molecule has 0 fully saturated rings. The second-order valence-electron chi connectivity index (χ2n) is 4.53. The monoisotopic (exact) mass is 297 g/mol. The van der Waals surface area contributed by atoms with Gasteiger partial charge in [-0.2, -0.15) is 0 Å². The third kappa shape index (κ3) is 5.05. The second-order valence-corrected chi connectivity index (χ2v) is 4.53. The minimum atomic E-state index is -0.352. The highest BCUT2D eigenvalue weighted by atomic mass is 16.5. The zero-order valence-electron chi connectivity index (χ0n) is 12.6. The number of esters is 1. The first-order valence-corrected chi connectivity index (χ1v) is 7.27. The van der Waals surface area contributed by atoms with Gasteiger partial charge in [-0.25, -0.2) is 4.79 Å². The van der Waals surface area contributed by atoms with Crippen LogP contribution in [0.1, 0.15) is 23.7 Å². The zero-order valence-corrected chi connectivity index (χ0v) is 12.6. The summed E-state index contributed by atoms with van der Waals surface area (Å²) in [6, 6.07) is 16.6. The summed E-state index contributed by atoms with van der Waals surface area (Å²) >= 11 is 0. The van der Waals surface area contributed by atoms with Crippen molar-refractivity contribution < 1.29 is 14.3 Å². The number of aliphatic imine (C=N–C) groups is 1. The summed E-state index contributed by atoms with van der Waals surface area (Å²) in [5.41, 5.74) is 1.38. The molecular formula is C18H19NO3. The molecule has 0 unspecified atom stereocenters. The van der Waals surface area contributed by atoms with Gasteiger partial charge in [0.2, 0.25) is 0 Å². The maximum atomic E-state index is 11.9. The first-order valence-electron chi connectivity index (χ1n) is 7.27. The first-order chi connectivity index (χ1) is 10.8. The Kier molecular flexibility index (Phi) is 6.18. The van der Waals surface area contributed by atoms with E-state index in [1.165, 1.54) is 0 Å². The zero-order chi connectivity index (χ0) is 15.6. The van der Waals surface area contributed by atoms with E-state index in [-0.39, 0.29) is 5.97 Å². The van der Waals surface area contributed by atoms with Crippen LogP contribution in [0.4, 0.5) is 5.69 Å². The summed E-state index contributed by atoms with van der Waals surface area (Å²) < 4.78 is 10.6. The van der Waals surface area contributed by atoms with Gasteiger partial charge >= 0.3 is 5.97 Å². The number of carbonyl (C=O) groups is 1. The smallest absolute Gasteiger partial charge is 0.338 e. The van der Waals surface area contributed by atoms with Gasteiger partial charge in [0, 0.05) is 12.6 Å². The minimum absolute atomic E-state index is 0.300. The van der Waals surface area contributed by atoms with Crippen LogP contribution in [0.15, 0.2) is 59.6 Å². The van der Waals surface area contributed by atoms with Crippen molar-refractivity contribution in [3.63, 3.8) is 0 Å². The van der Waals surface area contributed by atoms with Gasteiger partial charge in [-0.05, 0) is 37.3 Å². The van der Waals surface area contributed by atoms with Gasteiger partial charge < -0.3 is 9.47 Å². The van der Waals surface area contributed by atoms with Crippen molar-refractivity contribution in [3.05, 3.63) is 60.2 Å². The van der Waals surface area contributed by atoms with Gasteiger partial charge in [0.25, 0.3) is 0 Å². The van der Waals surface area contributed by atoms with Crippen LogP contribution in [0.3, 0.4) is 0 Å². The number of nitrogens with zero attached hydrogens (tertiary/aromatic N) is 1. The summed E-state index contributed by atoms with van der Waals surface area (Å²) in [6.45, 7) is 2.76. The molecular weight excluding hydrogens is 278 g/mol. The Morgan fingerprint density at radius 2 is 1.95 bits per heavy atom. The summed E-state index contributed by atoms with van der Waals surface area (Å²) in [5.74, 6) is 0.317. The maximum Gasteiger partial charge on any atom is 0.338 e. The van der Waals surface area contributed by atoms with Crippen molar-refractivity contribution in [1.82, 2.24) is 0 Å². The van der Waals surface area contributed by atoms with Gasteiger partial charge in [-0.1, -0.05) is 24.3 Å². The quantitative estimate of drug-likeness (QED) is 0.440. The van der Waals surface area contributed by atoms with Crippen molar-refractivity contribution in [2.75, 3.05) is 13.2 Å². The molecule has 0 heterocycles. The molecule has 114 valence electrons. The van der Waals surface area contributed by atoms with Crippen LogP contribution < -0.4 is 4.74 Å². The lowest BCUT2D eigenvalue weighted by Crippen LogP contribution is -2.07. The standard InChI is InChI=1S/C18H19NO3/c1-2-21-17-11-6-8-15(14-17)18(20)22-13-7-12-19-16-9-4-3-5-10-16/h3-6,8-12,14H,2,7,13H2,1H3. The van der Waals surface area contributed by atoms with Crippen LogP contribution in [0.5, 0.6) is 5.75 Å². The molecule has 2 aromatic rings. The van der Waals surface area contributed by atoms with Crippen LogP contribution in [0.2, 0.25) is 0 Å². The summed E-state index contributed by atoms with van der Waals surface area (Å²) in [4.78, 5) is 16.2. The molecule has 2 aromatic carbocycles. The third-order valence-corrected chi connectivity index (χ3v) is 2.86. The summed E-state index contributed by atoms with van der Waals surface area (Å²) in [7, 11) is 0. The molecule has 0 saturated carbocycles. The first kappa shape index (κ1) is 15.8. The normalized spacial score (nSPS) is 10.6. The van der Waals surface area contributed by atoms with E-state index in [0.717, 1.165) is 5.69 Å². The summed E-state index contributed by atoms with van der Waals surface area (Å²) in [6.07, 6.45) is 2.32. The van der Waals surface area contributed by atoms with E-state index in [2.05, 4.69) is 4.99 Å². The average molecular weight is 297 g/mol. The Labute approximate surface area is 130 Å². The maximum absolute atomic E-state index is 11.9. The predicted octanol–water partition coefficient (Wildman–Crippen LogP) is 4.03. The minimum Gasteiger partial charge on any atom is -0.494 e. The number of para-hydroxylation sites is 1. The number of carbonyl (C=O) groups excluding carboxylic acids is 1. The molecule has 0 radical (unpaired) electrons. The third-order valence-electron chi connectivity index (χ3n) is 2.86. The van der Waals surface area contributed by atoms with Gasteiger partial charge in [-0.3, -0.25) is 4.99 Å². The molecule has 0 aliphatic rings. The van der Waals surface area contributed by atoms with E-state index >= 15 is 0 Å². The lowest BCUT2D eigenvalue weighted by Gasteiger charge is -2.06. The molecule has 0 atom stereocenters. The molecule has 0 N–H and O–H groups in total. The van der Waals surface area contributed by atoms with E-state index in [9.17, 15) is 4.79 Å². The molecule has 0 aliphatic carbocycles. The topological polar surface area (TPSA) is 47.9 Å². The second kappa shape index (κ2) is 8.62. The predicted molar refractivity (Wildman–Crippen MR) is 87.1 cm³/mol. The average Bonchev–Trinajstić information content (AvgIpc) is 2.56. The molecule has 0 aromatic heterocycles. The molecule has 0 amide bonds. The number of hydrogen-bond donors (Lipinski definition) is 0. The highest BCUT2D eigenvalue weighted by Gasteiger charge is 2.07. The molecule has 4 nitrogen and oxygen atoms in total. The van der Waals surface area contributed by atoms with Gasteiger partial charge in [0.05, 0.1) is 24.5 Å². The molecule has 22 heavy (non-hydrogen) atoms. The Hall–Kier alpha value is -2.62. The van der Waals surface area contributed by atoms with Crippen molar-refractivity contribution in [2.45, 2.75) is 13.3 Å². The van der Waals surface area contributed by atoms with Gasteiger partial charge in [0.15, 0.2) is 0 Å². The van der Waals surface area contributed by atoms with E-state index in [1.807, 2.05) is 43.3 Å². The van der Waals surface area contributed by atoms with E-state index in [1.54, 1.807) is 24.4 Å². The lowest BCUT2D eigenvalue weighted by molar-refractivity contribution is 0.0516. The molecule has 0 saturated heterocycles. The van der Waals surface area contributed by atoms with Gasteiger partial charge in [-0.15, -0.1) is 0 Å². The molecule has 2 rings (SSSR count). The van der Waals surface area contributed by atoms with Crippen molar-refractivity contribution in [3.8, 4) is 5.75 Å². The van der Waals surface area contributed by atoms with Crippen molar-refractivity contribution >= 4 is 17.9 Å². The SMILES string of the molecule is CCOc1cccc(C(=O)OCCC=Nc2ccccc2)c1. The Bertz CT molecular complexity index is 623. The molecule has 0 bridgehead atoms. The molecule has 0 aliphatic heterocycles. The number of rotatable bonds is 7.